The van der Waals surface area contributed by atoms with Gasteiger partial charge in [-0.1, -0.05) is 60.7 Å². The van der Waals surface area contributed by atoms with Crippen LogP contribution < -0.4 is 10.1 Å². The van der Waals surface area contributed by atoms with Crippen LogP contribution in [0.15, 0.2) is 91.0 Å². The number of benzene rings is 4. The molecule has 6 nitrogen and oxygen atoms in total. The zero-order valence-electron chi connectivity index (χ0n) is 23.0. The van der Waals surface area contributed by atoms with Gasteiger partial charge < -0.3 is 24.6 Å². The van der Waals surface area contributed by atoms with E-state index >= 15 is 0 Å². The number of methoxy groups -OCH3 is 1. The number of aliphatic hydroxyl groups is 1. The number of ether oxygens (including phenoxy) is 3. The van der Waals surface area contributed by atoms with Crippen LogP contribution in [0.4, 0.5) is 0 Å². The molecule has 0 heterocycles. The van der Waals surface area contributed by atoms with Gasteiger partial charge in [-0.3, -0.25) is 0 Å². The third-order valence-corrected chi connectivity index (χ3v) is 6.67. The molecule has 0 spiro atoms. The third kappa shape index (κ3) is 7.90. The molecule has 1 unspecified atom stereocenters. The van der Waals surface area contributed by atoms with E-state index in [1.807, 2.05) is 31.2 Å². The first kappa shape index (κ1) is 28.3. The number of para-hydroxylation sites is 1. The molecule has 0 aliphatic heterocycles. The number of hydrogen-bond donors (Lipinski definition) is 2. The van der Waals surface area contributed by atoms with E-state index < -0.39 is 12.1 Å². The summed E-state index contributed by atoms with van der Waals surface area (Å²) in [6, 6.07) is 29.3. The Morgan fingerprint density at radius 3 is 2.36 bits per heavy atom. The van der Waals surface area contributed by atoms with Crippen LogP contribution in [0, 0.1) is 0 Å². The molecule has 0 saturated heterocycles. The number of esters is 1. The van der Waals surface area contributed by atoms with E-state index in [2.05, 4.69) is 61.6 Å². The SMILES string of the molecule is COC(=O)c1ccc(Oc2ccccc2C(C)OC[C@@H](O)CNC(C)(C)Cc2ccc3ccccc3c2)cc1. The van der Waals surface area contributed by atoms with Crippen LogP contribution >= 0.6 is 0 Å². The Morgan fingerprint density at radius 1 is 0.923 bits per heavy atom. The lowest BCUT2D eigenvalue weighted by Gasteiger charge is -2.28. The minimum absolute atomic E-state index is 0.183. The third-order valence-electron chi connectivity index (χ3n) is 6.67. The molecule has 0 aliphatic carbocycles. The molecule has 0 radical (unpaired) electrons. The topological polar surface area (TPSA) is 77.0 Å². The molecule has 4 rings (SSSR count). The van der Waals surface area contributed by atoms with Crippen LogP contribution in [0.25, 0.3) is 10.8 Å². The van der Waals surface area contributed by atoms with Crippen molar-refractivity contribution in [3.05, 3.63) is 108 Å². The molecule has 39 heavy (non-hydrogen) atoms. The van der Waals surface area contributed by atoms with Crippen LogP contribution in [-0.2, 0) is 15.9 Å². The second kappa shape index (κ2) is 12.9. The Balaban J connectivity index is 1.29. The van der Waals surface area contributed by atoms with Gasteiger partial charge in [-0.15, -0.1) is 0 Å². The smallest absolute Gasteiger partial charge is 0.337 e. The van der Waals surface area contributed by atoms with Crippen molar-refractivity contribution in [1.29, 1.82) is 0 Å². The number of carbonyl (C=O) groups excluding carboxylic acids is 1. The molecule has 4 aromatic rings. The zero-order chi connectivity index (χ0) is 27.8. The summed E-state index contributed by atoms with van der Waals surface area (Å²) in [6.07, 6.45) is -0.120. The lowest BCUT2D eigenvalue weighted by atomic mass is 9.93. The number of rotatable bonds is 12. The molecule has 0 bridgehead atoms. The molecule has 0 amide bonds. The maximum atomic E-state index is 11.7. The van der Waals surface area contributed by atoms with Crippen molar-refractivity contribution in [2.45, 2.75) is 44.9 Å². The standard InChI is InChI=1S/C33H37NO5/c1-23(30-11-7-8-12-31(30)39-29-17-15-26(16-18-29)32(36)37-4)38-22-28(35)21-34-33(2,3)20-24-13-14-25-9-5-6-10-27(25)19-24/h5-19,23,28,34-35H,20-22H2,1-4H3/t23?,28-/m0/s1. The Bertz CT molecular complexity index is 1380. The number of fused-ring (bicyclic) bond motifs is 1. The van der Waals surface area contributed by atoms with E-state index in [0.717, 1.165) is 12.0 Å². The number of β-amino-alcohol motifs (C(OH)–C–C–N with tert-alkyl or cyclic N) is 1. The van der Waals surface area contributed by atoms with Gasteiger partial charge in [0.15, 0.2) is 0 Å². The lowest BCUT2D eigenvalue weighted by molar-refractivity contribution is -0.00481. The maximum absolute atomic E-state index is 11.7. The molecule has 0 fully saturated rings. The van der Waals surface area contributed by atoms with Crippen LogP contribution in [0.2, 0.25) is 0 Å². The van der Waals surface area contributed by atoms with E-state index in [-0.39, 0.29) is 18.2 Å². The van der Waals surface area contributed by atoms with Crippen molar-refractivity contribution < 1.29 is 24.1 Å². The van der Waals surface area contributed by atoms with Crippen LogP contribution in [-0.4, -0.2) is 43.0 Å². The molecule has 0 aliphatic rings. The molecule has 2 atom stereocenters. The number of aliphatic hydroxyl groups excluding tert-OH is 1. The van der Waals surface area contributed by atoms with Gasteiger partial charge in [0.1, 0.15) is 11.5 Å². The fourth-order valence-corrected chi connectivity index (χ4v) is 4.53. The van der Waals surface area contributed by atoms with Gasteiger partial charge in [-0.2, -0.15) is 0 Å². The molecular formula is C33H37NO5. The van der Waals surface area contributed by atoms with Crippen LogP contribution in [0.1, 0.15) is 48.4 Å². The second-order valence-corrected chi connectivity index (χ2v) is 10.4. The minimum Gasteiger partial charge on any atom is -0.465 e. The summed E-state index contributed by atoms with van der Waals surface area (Å²) >= 11 is 0. The van der Waals surface area contributed by atoms with Crippen molar-refractivity contribution in [2.75, 3.05) is 20.3 Å². The van der Waals surface area contributed by atoms with Gasteiger partial charge in [-0.25, -0.2) is 4.79 Å². The zero-order valence-corrected chi connectivity index (χ0v) is 23.0. The van der Waals surface area contributed by atoms with Crippen molar-refractivity contribution in [3.8, 4) is 11.5 Å². The Labute approximate surface area is 230 Å². The van der Waals surface area contributed by atoms with E-state index in [1.54, 1.807) is 24.3 Å². The van der Waals surface area contributed by atoms with Gasteiger partial charge in [-0.05, 0) is 73.9 Å². The van der Waals surface area contributed by atoms with Gasteiger partial charge in [0.2, 0.25) is 0 Å². The molecule has 6 heteroatoms. The summed E-state index contributed by atoms with van der Waals surface area (Å²) in [5, 5.41) is 16.6. The second-order valence-electron chi connectivity index (χ2n) is 10.4. The summed E-state index contributed by atoms with van der Waals surface area (Å²) in [6.45, 7) is 6.82. The highest BCUT2D eigenvalue weighted by Crippen LogP contribution is 2.31. The van der Waals surface area contributed by atoms with Crippen LogP contribution in [0.3, 0.4) is 0 Å². The van der Waals surface area contributed by atoms with E-state index in [9.17, 15) is 9.90 Å². The van der Waals surface area contributed by atoms with Gasteiger partial charge in [0.25, 0.3) is 0 Å². The summed E-state index contributed by atoms with van der Waals surface area (Å²) in [4.78, 5) is 11.7. The quantitative estimate of drug-likeness (QED) is 0.206. The summed E-state index contributed by atoms with van der Waals surface area (Å²) in [7, 11) is 1.35. The fourth-order valence-electron chi connectivity index (χ4n) is 4.53. The highest BCUT2D eigenvalue weighted by atomic mass is 16.5. The van der Waals surface area contributed by atoms with Crippen molar-refractivity contribution in [3.63, 3.8) is 0 Å². The van der Waals surface area contributed by atoms with Crippen molar-refractivity contribution >= 4 is 16.7 Å². The predicted molar refractivity (Wildman–Crippen MR) is 154 cm³/mol. The fraction of sp³-hybridized carbons (Fsp3) is 0.303. The Morgan fingerprint density at radius 2 is 1.62 bits per heavy atom. The van der Waals surface area contributed by atoms with E-state index in [1.165, 1.54) is 23.4 Å². The Kier molecular flexibility index (Phi) is 9.36. The molecular weight excluding hydrogens is 490 g/mol. The van der Waals surface area contributed by atoms with Crippen LogP contribution in [0.5, 0.6) is 11.5 Å². The number of carbonyl (C=O) groups is 1. The van der Waals surface area contributed by atoms with Crippen molar-refractivity contribution in [1.82, 2.24) is 5.32 Å². The van der Waals surface area contributed by atoms with Crippen molar-refractivity contribution in [2.24, 2.45) is 0 Å². The van der Waals surface area contributed by atoms with E-state index in [0.29, 0.717) is 23.6 Å². The molecule has 204 valence electrons. The monoisotopic (exact) mass is 527 g/mol. The summed E-state index contributed by atoms with van der Waals surface area (Å²) in [5.74, 6) is 0.856. The minimum atomic E-state index is -0.665. The first-order valence-electron chi connectivity index (χ1n) is 13.2. The number of nitrogens with one attached hydrogen (secondary N) is 1. The Hall–Kier alpha value is -3.71. The lowest BCUT2D eigenvalue weighted by Crippen LogP contribution is -2.46. The predicted octanol–water partition coefficient (Wildman–Crippen LogP) is 6.47. The van der Waals surface area contributed by atoms with Gasteiger partial charge >= 0.3 is 5.97 Å². The molecule has 0 saturated carbocycles. The molecule has 4 aromatic carbocycles. The molecule has 0 aromatic heterocycles. The molecule has 2 N–H and O–H groups in total. The first-order chi connectivity index (χ1) is 18.7. The van der Waals surface area contributed by atoms with Gasteiger partial charge in [0.05, 0.1) is 31.5 Å². The average Bonchev–Trinajstić information content (AvgIpc) is 2.95. The van der Waals surface area contributed by atoms with E-state index in [4.69, 9.17) is 14.2 Å². The normalized spacial score (nSPS) is 13.2. The number of hydrogen-bond acceptors (Lipinski definition) is 6. The average molecular weight is 528 g/mol. The highest BCUT2D eigenvalue weighted by molar-refractivity contribution is 5.89. The summed E-state index contributed by atoms with van der Waals surface area (Å²) < 4.78 is 16.9. The largest absolute Gasteiger partial charge is 0.465 e. The highest BCUT2D eigenvalue weighted by Gasteiger charge is 2.21. The van der Waals surface area contributed by atoms with Gasteiger partial charge in [0, 0.05) is 17.6 Å². The maximum Gasteiger partial charge on any atom is 0.337 e. The first-order valence-corrected chi connectivity index (χ1v) is 13.2. The summed E-state index contributed by atoms with van der Waals surface area (Å²) in [5.41, 5.74) is 2.38.